The Morgan fingerprint density at radius 3 is 1.57 bits per heavy atom. The van der Waals surface area contributed by atoms with E-state index in [0.717, 1.165) is 40.0 Å². The standard InChI is InChI=1S/C31H29NO3/c1-4-31(33)35-22-21-34-30-19-11-26(12-20-30)25-9-17-29(18-10-25)32(27-13-5-23(2)6-14-27)28-15-7-24(3)8-16-28/h4-20H,1,21-22H2,2-3H3. The van der Waals surface area contributed by atoms with Crippen LogP contribution in [-0.4, -0.2) is 19.2 Å². The maximum atomic E-state index is 11.1. The van der Waals surface area contributed by atoms with Gasteiger partial charge in [0.25, 0.3) is 0 Å². The molecule has 4 rings (SSSR count). The lowest BCUT2D eigenvalue weighted by Crippen LogP contribution is -2.10. The number of aryl methyl sites for hydroxylation is 2. The predicted molar refractivity (Wildman–Crippen MR) is 143 cm³/mol. The van der Waals surface area contributed by atoms with Crippen LogP contribution in [0.25, 0.3) is 11.1 Å². The van der Waals surface area contributed by atoms with Crippen molar-refractivity contribution in [2.75, 3.05) is 18.1 Å². The molecule has 0 aliphatic rings. The van der Waals surface area contributed by atoms with Gasteiger partial charge in [-0.3, -0.25) is 0 Å². The van der Waals surface area contributed by atoms with Crippen LogP contribution < -0.4 is 9.64 Å². The number of ether oxygens (including phenoxy) is 2. The normalized spacial score (nSPS) is 10.5. The molecule has 4 aromatic rings. The van der Waals surface area contributed by atoms with Crippen LogP contribution in [0.4, 0.5) is 17.1 Å². The molecular formula is C31H29NO3. The number of hydrogen-bond acceptors (Lipinski definition) is 4. The molecule has 0 aliphatic heterocycles. The van der Waals surface area contributed by atoms with Crippen LogP contribution in [0.15, 0.2) is 110 Å². The quantitative estimate of drug-likeness (QED) is 0.146. The lowest BCUT2D eigenvalue weighted by molar-refractivity contribution is -0.138. The molecule has 0 atom stereocenters. The maximum Gasteiger partial charge on any atom is 0.330 e. The van der Waals surface area contributed by atoms with Gasteiger partial charge in [0, 0.05) is 23.1 Å². The summed E-state index contributed by atoms with van der Waals surface area (Å²) in [7, 11) is 0. The minimum absolute atomic E-state index is 0.187. The number of benzene rings is 4. The van der Waals surface area contributed by atoms with E-state index in [2.05, 4.69) is 98.1 Å². The van der Waals surface area contributed by atoms with Crippen LogP contribution in [0.5, 0.6) is 5.75 Å². The number of carbonyl (C=O) groups excluding carboxylic acids is 1. The van der Waals surface area contributed by atoms with Crippen LogP contribution >= 0.6 is 0 Å². The third kappa shape index (κ3) is 6.18. The molecule has 0 fully saturated rings. The van der Waals surface area contributed by atoms with Gasteiger partial charge in [0.2, 0.25) is 0 Å². The molecule has 0 amide bonds. The highest BCUT2D eigenvalue weighted by Crippen LogP contribution is 2.36. The lowest BCUT2D eigenvalue weighted by atomic mass is 10.0. The molecule has 0 saturated carbocycles. The van der Waals surface area contributed by atoms with Crippen LogP contribution in [0.2, 0.25) is 0 Å². The van der Waals surface area contributed by atoms with Gasteiger partial charge in [0.1, 0.15) is 19.0 Å². The average molecular weight is 464 g/mol. The SMILES string of the molecule is C=CC(=O)OCCOc1ccc(-c2ccc(N(c3ccc(C)cc3)c3ccc(C)cc3)cc2)cc1. The summed E-state index contributed by atoms with van der Waals surface area (Å²) < 4.78 is 10.6. The van der Waals surface area contributed by atoms with Crippen molar-refractivity contribution in [1.82, 2.24) is 0 Å². The van der Waals surface area contributed by atoms with Crippen LogP contribution in [-0.2, 0) is 9.53 Å². The molecule has 0 saturated heterocycles. The molecule has 0 heterocycles. The first-order valence-electron chi connectivity index (χ1n) is 11.6. The Bertz CT molecular complexity index is 1210. The zero-order valence-corrected chi connectivity index (χ0v) is 20.1. The van der Waals surface area contributed by atoms with Crippen LogP contribution in [0, 0.1) is 13.8 Å². The van der Waals surface area contributed by atoms with Crippen LogP contribution in [0.1, 0.15) is 11.1 Å². The third-order valence-corrected chi connectivity index (χ3v) is 5.66. The largest absolute Gasteiger partial charge is 0.490 e. The van der Waals surface area contributed by atoms with E-state index >= 15 is 0 Å². The zero-order valence-electron chi connectivity index (χ0n) is 20.1. The Labute approximate surface area is 207 Å². The topological polar surface area (TPSA) is 38.8 Å². The molecule has 0 radical (unpaired) electrons. The van der Waals surface area contributed by atoms with Gasteiger partial charge >= 0.3 is 5.97 Å². The third-order valence-electron chi connectivity index (χ3n) is 5.66. The average Bonchev–Trinajstić information content (AvgIpc) is 2.89. The van der Waals surface area contributed by atoms with E-state index in [1.807, 2.05) is 24.3 Å². The second-order valence-corrected chi connectivity index (χ2v) is 8.30. The van der Waals surface area contributed by atoms with Gasteiger partial charge in [-0.2, -0.15) is 0 Å². The second-order valence-electron chi connectivity index (χ2n) is 8.30. The first kappa shape index (κ1) is 23.8. The minimum atomic E-state index is -0.448. The Hall–Kier alpha value is -4.31. The van der Waals surface area contributed by atoms with Gasteiger partial charge in [0.05, 0.1) is 0 Å². The zero-order chi connectivity index (χ0) is 24.6. The minimum Gasteiger partial charge on any atom is -0.490 e. The van der Waals surface area contributed by atoms with E-state index < -0.39 is 5.97 Å². The van der Waals surface area contributed by atoms with Gasteiger partial charge in [0.15, 0.2) is 0 Å². The summed E-state index contributed by atoms with van der Waals surface area (Å²) in [4.78, 5) is 13.3. The molecular weight excluding hydrogens is 434 g/mol. The van der Waals surface area contributed by atoms with E-state index in [1.165, 1.54) is 11.1 Å². The number of nitrogens with zero attached hydrogens (tertiary/aromatic N) is 1. The molecule has 4 aromatic carbocycles. The molecule has 0 bridgehead atoms. The van der Waals surface area contributed by atoms with Gasteiger partial charge in [-0.05, 0) is 73.5 Å². The smallest absolute Gasteiger partial charge is 0.330 e. The number of carbonyl (C=O) groups is 1. The van der Waals surface area contributed by atoms with Crippen molar-refractivity contribution in [3.63, 3.8) is 0 Å². The summed E-state index contributed by atoms with van der Waals surface area (Å²) in [6, 6.07) is 33.6. The van der Waals surface area contributed by atoms with E-state index in [0.29, 0.717) is 6.61 Å². The van der Waals surface area contributed by atoms with E-state index in [4.69, 9.17) is 9.47 Å². The van der Waals surface area contributed by atoms with Crippen molar-refractivity contribution in [2.45, 2.75) is 13.8 Å². The lowest BCUT2D eigenvalue weighted by Gasteiger charge is -2.26. The fourth-order valence-electron chi connectivity index (χ4n) is 3.74. The molecule has 0 aromatic heterocycles. The van der Waals surface area contributed by atoms with Crippen molar-refractivity contribution in [3.8, 4) is 16.9 Å². The number of esters is 1. The molecule has 176 valence electrons. The van der Waals surface area contributed by atoms with Gasteiger partial charge in [-0.15, -0.1) is 0 Å². The highest BCUT2D eigenvalue weighted by molar-refractivity contribution is 5.81. The summed E-state index contributed by atoms with van der Waals surface area (Å²) in [6.45, 7) is 8.05. The first-order valence-corrected chi connectivity index (χ1v) is 11.6. The highest BCUT2D eigenvalue weighted by Gasteiger charge is 2.12. The van der Waals surface area contributed by atoms with Crippen molar-refractivity contribution in [1.29, 1.82) is 0 Å². The first-order chi connectivity index (χ1) is 17.0. The van der Waals surface area contributed by atoms with Crippen molar-refractivity contribution < 1.29 is 14.3 Å². The maximum absolute atomic E-state index is 11.1. The fraction of sp³-hybridized carbons (Fsp3) is 0.129. The van der Waals surface area contributed by atoms with Crippen LogP contribution in [0.3, 0.4) is 0 Å². The monoisotopic (exact) mass is 463 g/mol. The molecule has 4 heteroatoms. The Kier molecular flexibility index (Phi) is 7.63. The fourth-order valence-corrected chi connectivity index (χ4v) is 3.74. The molecule has 35 heavy (non-hydrogen) atoms. The van der Waals surface area contributed by atoms with Crippen molar-refractivity contribution >= 4 is 23.0 Å². The van der Waals surface area contributed by atoms with Crippen molar-refractivity contribution in [2.24, 2.45) is 0 Å². The predicted octanol–water partition coefficient (Wildman–Crippen LogP) is 7.55. The highest BCUT2D eigenvalue weighted by atomic mass is 16.6. The summed E-state index contributed by atoms with van der Waals surface area (Å²) in [6.07, 6.45) is 1.14. The summed E-state index contributed by atoms with van der Waals surface area (Å²) >= 11 is 0. The number of anilines is 3. The molecule has 4 nitrogen and oxygen atoms in total. The Morgan fingerprint density at radius 1 is 0.686 bits per heavy atom. The number of hydrogen-bond donors (Lipinski definition) is 0. The van der Waals surface area contributed by atoms with E-state index in [9.17, 15) is 4.79 Å². The second kappa shape index (κ2) is 11.2. The summed E-state index contributed by atoms with van der Waals surface area (Å²) in [5.74, 6) is 0.278. The molecule has 0 spiro atoms. The van der Waals surface area contributed by atoms with Crippen molar-refractivity contribution in [3.05, 3.63) is 121 Å². The van der Waals surface area contributed by atoms with E-state index in [1.54, 1.807) is 0 Å². The van der Waals surface area contributed by atoms with E-state index in [-0.39, 0.29) is 6.61 Å². The number of rotatable bonds is 9. The molecule has 0 unspecified atom stereocenters. The van der Waals surface area contributed by atoms with Gasteiger partial charge in [-0.25, -0.2) is 4.79 Å². The van der Waals surface area contributed by atoms with Gasteiger partial charge < -0.3 is 14.4 Å². The Balaban J connectivity index is 1.51. The van der Waals surface area contributed by atoms with Gasteiger partial charge in [-0.1, -0.05) is 66.2 Å². The molecule has 0 N–H and O–H groups in total. The summed E-state index contributed by atoms with van der Waals surface area (Å²) in [5.41, 5.74) is 8.01. The summed E-state index contributed by atoms with van der Waals surface area (Å²) in [5, 5.41) is 0. The molecule has 0 aliphatic carbocycles. The Morgan fingerprint density at radius 2 is 1.11 bits per heavy atom.